The molecule has 194 valence electrons. The van der Waals surface area contributed by atoms with E-state index in [9.17, 15) is 0 Å². The Morgan fingerprint density at radius 2 is 1.71 bits per heavy atom. The Bertz CT molecular complexity index is 1630. The minimum Gasteiger partial charge on any atom is -0.367 e. The van der Waals surface area contributed by atoms with Gasteiger partial charge in [-0.25, -0.2) is 0 Å². The van der Waals surface area contributed by atoms with Gasteiger partial charge in [0.25, 0.3) is 0 Å². The fourth-order valence-electron chi connectivity index (χ4n) is 4.75. The Hall–Kier alpha value is -4.24. The van der Waals surface area contributed by atoms with E-state index in [0.29, 0.717) is 0 Å². The summed E-state index contributed by atoms with van der Waals surface area (Å²) in [6.07, 6.45) is 9.32. The maximum atomic E-state index is 4.69. The number of piperazine rings is 1. The van der Waals surface area contributed by atoms with Crippen molar-refractivity contribution in [3.05, 3.63) is 61.5 Å². The summed E-state index contributed by atoms with van der Waals surface area (Å²) in [6.45, 7) is 14.6. The topological polar surface area (TPSA) is 102 Å². The second-order valence-electron chi connectivity index (χ2n) is 11.1. The summed E-state index contributed by atoms with van der Waals surface area (Å²) in [5.74, 6) is 0. The SMILES string of the molecule is C=C(Nc1cncc(-c2cc3c(-c4cc5c(N6CCN(C)CC6)cncc5[nH]4)n[nH]c3cn2)c1)C(C)(C)C. The zero-order valence-electron chi connectivity index (χ0n) is 22.3. The van der Waals surface area contributed by atoms with Crippen LogP contribution in [0.2, 0.25) is 0 Å². The highest BCUT2D eigenvalue weighted by molar-refractivity contribution is 6.00. The summed E-state index contributed by atoms with van der Waals surface area (Å²) in [5.41, 5.74) is 8.35. The predicted octanol–water partition coefficient (Wildman–Crippen LogP) is 5.29. The Morgan fingerprint density at radius 3 is 2.50 bits per heavy atom. The zero-order valence-corrected chi connectivity index (χ0v) is 22.3. The lowest BCUT2D eigenvalue weighted by atomic mass is 9.93. The van der Waals surface area contributed by atoms with Gasteiger partial charge in [0.1, 0.15) is 5.69 Å². The molecule has 0 atom stereocenters. The van der Waals surface area contributed by atoms with Crippen LogP contribution < -0.4 is 10.2 Å². The van der Waals surface area contributed by atoms with Crippen LogP contribution in [-0.2, 0) is 0 Å². The van der Waals surface area contributed by atoms with E-state index in [4.69, 9.17) is 0 Å². The van der Waals surface area contributed by atoms with Crippen molar-refractivity contribution < 1.29 is 0 Å². The molecule has 0 aromatic carbocycles. The normalized spacial score (nSPS) is 14.9. The van der Waals surface area contributed by atoms with Crippen LogP contribution in [0.15, 0.2) is 61.5 Å². The fraction of sp³-hybridized carbons (Fsp3) is 0.310. The molecular formula is C29H33N9. The van der Waals surface area contributed by atoms with Crippen LogP contribution in [0.4, 0.5) is 11.4 Å². The third-order valence-corrected chi connectivity index (χ3v) is 7.31. The third kappa shape index (κ3) is 4.50. The van der Waals surface area contributed by atoms with E-state index in [-0.39, 0.29) is 5.41 Å². The molecule has 0 saturated carbocycles. The molecule has 1 saturated heterocycles. The standard InChI is InChI=1S/C29H33N9/c1-18(29(2,3)4)33-20-10-19(13-30-14-20)23-12-22-26(16-32-23)35-36-28(22)24-11-21-25(34-24)15-31-17-27(21)38-8-6-37(5)7-9-38/h10-17,33-34H,1,6-9H2,2-5H3,(H,35,36). The lowest BCUT2D eigenvalue weighted by Gasteiger charge is -2.34. The number of pyridine rings is 3. The van der Waals surface area contributed by atoms with E-state index in [1.165, 1.54) is 0 Å². The highest BCUT2D eigenvalue weighted by atomic mass is 15.3. The molecule has 1 aliphatic rings. The summed E-state index contributed by atoms with van der Waals surface area (Å²) in [5, 5.41) is 13.3. The van der Waals surface area contributed by atoms with Crippen molar-refractivity contribution in [2.45, 2.75) is 20.8 Å². The molecule has 5 aromatic heterocycles. The average Bonchev–Trinajstić information content (AvgIpc) is 3.52. The van der Waals surface area contributed by atoms with Crippen LogP contribution in [0, 0.1) is 5.41 Å². The number of H-pyrrole nitrogens is 2. The Labute approximate surface area is 222 Å². The van der Waals surface area contributed by atoms with Crippen molar-refractivity contribution in [2.75, 3.05) is 43.4 Å². The number of nitrogens with one attached hydrogen (secondary N) is 3. The quantitative estimate of drug-likeness (QED) is 0.297. The fourth-order valence-corrected chi connectivity index (χ4v) is 4.75. The molecule has 0 unspecified atom stereocenters. The van der Waals surface area contributed by atoms with Crippen LogP contribution in [0.5, 0.6) is 0 Å². The maximum Gasteiger partial charge on any atom is 0.116 e. The minimum atomic E-state index is -0.0574. The summed E-state index contributed by atoms with van der Waals surface area (Å²) in [6, 6.07) is 6.30. The zero-order chi connectivity index (χ0) is 26.4. The minimum absolute atomic E-state index is 0.0574. The number of nitrogens with zero attached hydrogens (tertiary/aromatic N) is 6. The van der Waals surface area contributed by atoms with Crippen LogP contribution in [0.25, 0.3) is 44.5 Å². The molecule has 0 amide bonds. The lowest BCUT2D eigenvalue weighted by Crippen LogP contribution is -2.44. The van der Waals surface area contributed by atoms with E-state index < -0.39 is 0 Å². The summed E-state index contributed by atoms with van der Waals surface area (Å²) in [7, 11) is 2.17. The predicted molar refractivity (Wildman–Crippen MR) is 154 cm³/mol. The van der Waals surface area contributed by atoms with Crippen molar-refractivity contribution in [3.8, 4) is 22.6 Å². The van der Waals surface area contributed by atoms with Gasteiger partial charge in [-0.15, -0.1) is 0 Å². The molecule has 0 radical (unpaired) electrons. The number of hydrogen-bond acceptors (Lipinski definition) is 7. The third-order valence-electron chi connectivity index (χ3n) is 7.31. The molecule has 6 heterocycles. The second-order valence-corrected chi connectivity index (χ2v) is 11.1. The number of rotatable bonds is 5. The van der Waals surface area contributed by atoms with Gasteiger partial charge < -0.3 is 20.1 Å². The van der Waals surface area contributed by atoms with Gasteiger partial charge in [0.2, 0.25) is 0 Å². The first kappa shape index (κ1) is 24.1. The van der Waals surface area contributed by atoms with Crippen LogP contribution in [0.3, 0.4) is 0 Å². The molecule has 6 rings (SSSR count). The highest BCUT2D eigenvalue weighted by Crippen LogP contribution is 2.34. The molecule has 0 spiro atoms. The maximum absolute atomic E-state index is 4.69. The van der Waals surface area contributed by atoms with Crippen LogP contribution in [0.1, 0.15) is 20.8 Å². The highest BCUT2D eigenvalue weighted by Gasteiger charge is 2.20. The second kappa shape index (κ2) is 9.25. The number of allylic oxidation sites excluding steroid dienone is 1. The number of likely N-dealkylation sites (N-methyl/N-ethyl adjacent to an activating group) is 1. The smallest absolute Gasteiger partial charge is 0.116 e. The molecule has 1 aliphatic heterocycles. The molecule has 38 heavy (non-hydrogen) atoms. The lowest BCUT2D eigenvalue weighted by molar-refractivity contribution is 0.313. The van der Waals surface area contributed by atoms with Crippen molar-refractivity contribution in [3.63, 3.8) is 0 Å². The van der Waals surface area contributed by atoms with Crippen LogP contribution in [-0.4, -0.2) is 68.3 Å². The van der Waals surface area contributed by atoms with Gasteiger partial charge in [0.05, 0.1) is 58.6 Å². The van der Waals surface area contributed by atoms with Crippen molar-refractivity contribution >= 4 is 33.2 Å². The largest absolute Gasteiger partial charge is 0.367 e. The first-order valence-electron chi connectivity index (χ1n) is 12.9. The van der Waals surface area contributed by atoms with Crippen molar-refractivity contribution in [1.82, 2.24) is 35.0 Å². The molecule has 9 nitrogen and oxygen atoms in total. The molecule has 0 aliphatic carbocycles. The molecule has 0 bridgehead atoms. The Morgan fingerprint density at radius 1 is 0.921 bits per heavy atom. The summed E-state index contributed by atoms with van der Waals surface area (Å²) in [4.78, 5) is 22.0. The number of aromatic amines is 2. The van der Waals surface area contributed by atoms with Gasteiger partial charge in [0.15, 0.2) is 0 Å². The average molecular weight is 508 g/mol. The number of anilines is 2. The summed E-state index contributed by atoms with van der Waals surface area (Å²) >= 11 is 0. The molecule has 5 aromatic rings. The van der Waals surface area contributed by atoms with E-state index >= 15 is 0 Å². The summed E-state index contributed by atoms with van der Waals surface area (Å²) < 4.78 is 0. The van der Waals surface area contributed by atoms with E-state index in [0.717, 1.165) is 87.7 Å². The van der Waals surface area contributed by atoms with Gasteiger partial charge in [-0.2, -0.15) is 5.10 Å². The molecule has 9 heteroatoms. The number of aromatic nitrogens is 6. The number of fused-ring (bicyclic) bond motifs is 2. The van der Waals surface area contributed by atoms with Crippen molar-refractivity contribution in [2.24, 2.45) is 5.41 Å². The Balaban J connectivity index is 1.35. The van der Waals surface area contributed by atoms with Gasteiger partial charge in [-0.3, -0.25) is 20.1 Å². The van der Waals surface area contributed by atoms with E-state index in [2.05, 4.69) is 97.8 Å². The number of hydrogen-bond donors (Lipinski definition) is 3. The van der Waals surface area contributed by atoms with Gasteiger partial charge in [-0.05, 0) is 25.2 Å². The Kier molecular flexibility index (Phi) is 5.87. The van der Waals surface area contributed by atoms with E-state index in [1.807, 2.05) is 24.8 Å². The first-order chi connectivity index (χ1) is 18.3. The first-order valence-corrected chi connectivity index (χ1v) is 12.9. The van der Waals surface area contributed by atoms with Gasteiger partial charge >= 0.3 is 0 Å². The van der Waals surface area contributed by atoms with E-state index in [1.54, 1.807) is 6.20 Å². The molecular weight excluding hydrogens is 474 g/mol. The molecule has 1 fully saturated rings. The van der Waals surface area contributed by atoms with Crippen LogP contribution >= 0.6 is 0 Å². The van der Waals surface area contributed by atoms with Gasteiger partial charge in [-0.1, -0.05) is 27.4 Å². The van der Waals surface area contributed by atoms with Gasteiger partial charge in [0, 0.05) is 59.8 Å². The van der Waals surface area contributed by atoms with Crippen molar-refractivity contribution in [1.29, 1.82) is 0 Å². The molecule has 3 N–H and O–H groups in total. The monoisotopic (exact) mass is 507 g/mol.